The van der Waals surface area contributed by atoms with Crippen LogP contribution in [0.1, 0.15) is 5.56 Å². The molecule has 8 nitrogen and oxygen atoms in total. The molecular weight excluding hydrogens is 1110 g/mol. The normalized spacial score (nSPS) is 11.5. The van der Waals surface area contributed by atoms with Gasteiger partial charge in [-0.25, -0.2) is 19.8 Å². The minimum atomic E-state index is 0.517. The third-order valence-corrected chi connectivity index (χ3v) is 17.7. The van der Waals surface area contributed by atoms with Gasteiger partial charge in [-0.1, -0.05) is 212 Å². The highest BCUT2D eigenvalue weighted by Crippen LogP contribution is 2.49. The van der Waals surface area contributed by atoms with Crippen LogP contribution in [0.15, 0.2) is 303 Å². The Hall–Kier alpha value is -12.8. The molecule has 0 fully saturated rings. The predicted molar refractivity (Wildman–Crippen MR) is 372 cm³/mol. The van der Waals surface area contributed by atoms with E-state index in [1.807, 2.05) is 72.8 Å². The SMILES string of the molecule is [C-]#[N+]c1cccc(-c2ccc3c(c2)c2cc(-c4cccc(C#N)c4)ccc2n3-c2c(-c3ccccc3-n3c4ccccc4c4ccccc43)cc(-c3nc(-c4ccccc4)nc(-c4ccccc4)n3)cc2-c2ccccc2-n2c3ccccc3c3ccccc32)c1. The molecule has 91 heavy (non-hydrogen) atoms. The summed E-state index contributed by atoms with van der Waals surface area (Å²) < 4.78 is 7.31. The number of nitriles is 1. The van der Waals surface area contributed by atoms with E-state index in [2.05, 4.69) is 255 Å². The van der Waals surface area contributed by atoms with Gasteiger partial charge in [-0.3, -0.25) is 0 Å². The van der Waals surface area contributed by atoms with Gasteiger partial charge in [0.1, 0.15) is 0 Å². The Labute approximate surface area is 524 Å². The highest BCUT2D eigenvalue weighted by molar-refractivity contribution is 6.15. The van der Waals surface area contributed by atoms with Crippen LogP contribution in [0.25, 0.3) is 166 Å². The Morgan fingerprint density at radius 2 is 0.659 bits per heavy atom. The van der Waals surface area contributed by atoms with E-state index < -0.39 is 0 Å². The van der Waals surface area contributed by atoms with Crippen LogP contribution >= 0.6 is 0 Å². The molecule has 422 valence electrons. The van der Waals surface area contributed by atoms with Crippen LogP contribution < -0.4 is 0 Å². The van der Waals surface area contributed by atoms with Gasteiger partial charge in [0.2, 0.25) is 0 Å². The van der Waals surface area contributed by atoms with Crippen molar-refractivity contribution in [2.45, 2.75) is 0 Å². The molecule has 0 saturated heterocycles. The zero-order chi connectivity index (χ0) is 60.5. The van der Waals surface area contributed by atoms with Crippen molar-refractivity contribution in [3.05, 3.63) is 320 Å². The number of para-hydroxylation sites is 6. The minimum absolute atomic E-state index is 0.517. The molecule has 0 aliphatic carbocycles. The Kier molecular flexibility index (Phi) is 12.5. The summed E-state index contributed by atoms with van der Waals surface area (Å²) in [6.07, 6.45) is 0. The molecule has 0 amide bonds. The highest BCUT2D eigenvalue weighted by atomic mass is 15.0. The van der Waals surface area contributed by atoms with Crippen molar-refractivity contribution in [3.63, 3.8) is 0 Å². The minimum Gasteiger partial charge on any atom is -0.309 e. The van der Waals surface area contributed by atoms with Crippen molar-refractivity contribution in [3.8, 4) is 102 Å². The van der Waals surface area contributed by atoms with Crippen molar-refractivity contribution in [2.75, 3.05) is 0 Å². The number of fused-ring (bicyclic) bond motifs is 9. The molecule has 0 spiro atoms. The molecule has 17 rings (SSSR count). The van der Waals surface area contributed by atoms with Crippen LogP contribution in [0.2, 0.25) is 0 Å². The zero-order valence-corrected chi connectivity index (χ0v) is 48.9. The average Bonchev–Trinajstić information content (AvgIpc) is 1.64. The van der Waals surface area contributed by atoms with Crippen LogP contribution in [0.3, 0.4) is 0 Å². The van der Waals surface area contributed by atoms with Gasteiger partial charge in [-0.2, -0.15) is 5.26 Å². The zero-order valence-electron chi connectivity index (χ0n) is 48.9. The Morgan fingerprint density at radius 1 is 0.286 bits per heavy atom. The van der Waals surface area contributed by atoms with Gasteiger partial charge >= 0.3 is 0 Å². The second-order valence-corrected chi connectivity index (χ2v) is 22.9. The van der Waals surface area contributed by atoms with Crippen molar-refractivity contribution in [2.24, 2.45) is 0 Å². The lowest BCUT2D eigenvalue weighted by Crippen LogP contribution is -2.07. The van der Waals surface area contributed by atoms with Gasteiger partial charge in [-0.15, -0.1) is 0 Å². The Balaban J connectivity index is 1.06. The number of hydrogen-bond acceptors (Lipinski definition) is 4. The predicted octanol–water partition coefficient (Wildman–Crippen LogP) is 21.3. The van der Waals surface area contributed by atoms with Gasteiger partial charge in [0.05, 0.1) is 68.4 Å². The van der Waals surface area contributed by atoms with E-state index in [4.69, 9.17) is 21.5 Å². The van der Waals surface area contributed by atoms with Crippen molar-refractivity contribution >= 4 is 71.1 Å². The maximum atomic E-state index is 10.2. The molecule has 0 unspecified atom stereocenters. The van der Waals surface area contributed by atoms with Crippen molar-refractivity contribution < 1.29 is 0 Å². The smallest absolute Gasteiger partial charge is 0.187 e. The van der Waals surface area contributed by atoms with Crippen LogP contribution in [0.5, 0.6) is 0 Å². The number of nitrogens with zero attached hydrogens (tertiary/aromatic N) is 8. The van der Waals surface area contributed by atoms with Gasteiger partial charge < -0.3 is 13.7 Å². The number of rotatable bonds is 10. The molecule has 8 heteroatoms. The topological polar surface area (TPSA) is 81.6 Å². The van der Waals surface area contributed by atoms with Crippen LogP contribution in [0.4, 0.5) is 5.69 Å². The monoisotopic (exact) mass is 1160 g/mol. The van der Waals surface area contributed by atoms with Crippen molar-refractivity contribution in [1.29, 1.82) is 5.26 Å². The average molecular weight is 1160 g/mol. The quantitative estimate of drug-likeness (QED) is 0.128. The first kappa shape index (κ1) is 52.6. The maximum Gasteiger partial charge on any atom is 0.187 e. The summed E-state index contributed by atoms with van der Waals surface area (Å²) in [6, 6.07) is 109. The lowest BCUT2D eigenvalue weighted by atomic mass is 9.90. The Bertz CT molecular complexity index is 5420. The van der Waals surface area contributed by atoms with Gasteiger partial charge in [0.15, 0.2) is 23.2 Å². The molecule has 0 radical (unpaired) electrons. The second-order valence-electron chi connectivity index (χ2n) is 22.9. The van der Waals surface area contributed by atoms with Gasteiger partial charge in [0, 0.05) is 71.3 Å². The molecular formula is C83H50N8. The summed E-state index contributed by atoms with van der Waals surface area (Å²) in [7, 11) is 0. The van der Waals surface area contributed by atoms with E-state index in [0.29, 0.717) is 28.7 Å². The Morgan fingerprint density at radius 3 is 1.12 bits per heavy atom. The first-order chi connectivity index (χ1) is 45.0. The van der Waals surface area contributed by atoms with E-state index in [1.165, 1.54) is 0 Å². The molecule has 4 aromatic heterocycles. The summed E-state index contributed by atoms with van der Waals surface area (Å²) in [5, 5.41) is 16.8. The first-order valence-corrected chi connectivity index (χ1v) is 30.3. The van der Waals surface area contributed by atoms with E-state index in [9.17, 15) is 5.26 Å². The van der Waals surface area contributed by atoms with Crippen LogP contribution in [0, 0.1) is 17.9 Å². The second kappa shape index (κ2) is 21.6. The molecule has 0 bridgehead atoms. The largest absolute Gasteiger partial charge is 0.309 e. The summed E-state index contributed by atoms with van der Waals surface area (Å²) >= 11 is 0. The van der Waals surface area contributed by atoms with Crippen LogP contribution in [-0.4, -0.2) is 28.7 Å². The van der Waals surface area contributed by atoms with Crippen molar-refractivity contribution in [1.82, 2.24) is 28.7 Å². The fourth-order valence-electron chi connectivity index (χ4n) is 13.7. The molecule has 0 aliphatic rings. The molecule has 0 atom stereocenters. The molecule has 0 N–H and O–H groups in total. The first-order valence-electron chi connectivity index (χ1n) is 30.3. The number of hydrogen-bond donors (Lipinski definition) is 0. The van der Waals surface area contributed by atoms with E-state index in [-0.39, 0.29) is 0 Å². The molecule has 13 aromatic carbocycles. The summed E-state index contributed by atoms with van der Waals surface area (Å²) in [5.41, 5.74) is 20.6. The summed E-state index contributed by atoms with van der Waals surface area (Å²) in [6.45, 7) is 7.99. The standard InChI is InChI=1S/C83H50N8/c1-85-61-29-21-28-57(47-61)59-43-45-79-69(49-59)68-48-58(56-27-20-22-53(46-56)52-84)42-44-78(68)91(79)80-70(66-34-12-18-40-76(66)89-72-36-14-8-30-62(72)63-31-9-15-37-73(63)89)50-60(83-87-81(54-23-4-2-5-24-54)86-82(88-83)55-25-6-3-7-26-55)51-71(80)67-35-13-19-41-77(67)90-74-38-16-10-32-64(74)65-33-11-17-39-75(65)90/h2-51H. The lowest BCUT2D eigenvalue weighted by Gasteiger charge is -2.24. The molecule has 17 aromatic rings. The van der Waals surface area contributed by atoms with E-state index >= 15 is 0 Å². The fraction of sp³-hybridized carbons (Fsp3) is 0. The molecule has 0 saturated carbocycles. The molecule has 0 aliphatic heterocycles. The van der Waals surface area contributed by atoms with E-state index in [0.717, 1.165) is 144 Å². The summed E-state index contributed by atoms with van der Waals surface area (Å²) in [4.78, 5) is 20.0. The third-order valence-electron chi connectivity index (χ3n) is 17.7. The summed E-state index contributed by atoms with van der Waals surface area (Å²) in [5.74, 6) is 1.64. The van der Waals surface area contributed by atoms with E-state index in [1.54, 1.807) is 0 Å². The number of benzene rings is 13. The lowest BCUT2D eigenvalue weighted by molar-refractivity contribution is 1.07. The molecule has 4 heterocycles. The fourth-order valence-corrected chi connectivity index (χ4v) is 13.7. The van der Waals surface area contributed by atoms with Crippen LogP contribution in [-0.2, 0) is 0 Å². The third kappa shape index (κ3) is 8.78. The van der Waals surface area contributed by atoms with Gasteiger partial charge in [-0.05, 0) is 113 Å². The van der Waals surface area contributed by atoms with Gasteiger partial charge in [0.25, 0.3) is 0 Å². The number of aromatic nitrogens is 6. The highest BCUT2D eigenvalue weighted by Gasteiger charge is 2.28. The maximum absolute atomic E-state index is 10.2.